The number of fused-ring (bicyclic) bond motifs is 1. The van der Waals surface area contributed by atoms with Gasteiger partial charge in [-0.3, -0.25) is 0 Å². The Kier molecular flexibility index (Phi) is 4.12. The van der Waals surface area contributed by atoms with E-state index in [9.17, 15) is 21.6 Å². The zero-order valence-electron chi connectivity index (χ0n) is 14.1. The molecule has 5 nitrogen and oxygen atoms in total. The Morgan fingerprint density at radius 3 is 2.15 bits per heavy atom. The third-order valence-corrected chi connectivity index (χ3v) is 6.43. The Morgan fingerprint density at radius 1 is 1.00 bits per heavy atom. The first-order valence-electron chi connectivity index (χ1n) is 8.30. The van der Waals surface area contributed by atoms with Crippen LogP contribution < -0.4 is 9.47 Å². The van der Waals surface area contributed by atoms with E-state index in [2.05, 4.69) is 0 Å². The van der Waals surface area contributed by atoms with Crippen LogP contribution in [-0.4, -0.2) is 37.8 Å². The number of hydrogen-bond acceptors (Lipinski definition) is 4. The maximum atomic E-state index is 12.8. The van der Waals surface area contributed by atoms with Crippen LogP contribution >= 0.6 is 0 Å². The van der Waals surface area contributed by atoms with Crippen molar-refractivity contribution in [3.63, 3.8) is 0 Å². The topological polar surface area (TPSA) is 55.8 Å². The van der Waals surface area contributed by atoms with Crippen molar-refractivity contribution in [3.05, 3.63) is 54.1 Å². The maximum Gasteiger partial charge on any atom is 0.393 e. The van der Waals surface area contributed by atoms with Crippen LogP contribution in [0.2, 0.25) is 0 Å². The Labute approximate surface area is 154 Å². The third-order valence-electron chi connectivity index (χ3n) is 4.57. The number of benzene rings is 2. The van der Waals surface area contributed by atoms with Crippen molar-refractivity contribution in [2.45, 2.75) is 29.7 Å². The van der Waals surface area contributed by atoms with Crippen molar-refractivity contribution in [1.82, 2.24) is 4.31 Å². The van der Waals surface area contributed by atoms with E-state index in [1.165, 1.54) is 28.6 Å². The number of halogens is 3. The van der Waals surface area contributed by atoms with Gasteiger partial charge in [-0.05, 0) is 29.8 Å². The first kappa shape index (κ1) is 18.1. The fourth-order valence-electron chi connectivity index (χ4n) is 3.29. The number of para-hydroxylation sites is 2. The predicted octanol–water partition coefficient (Wildman–Crippen LogP) is 3.35. The maximum absolute atomic E-state index is 12.8. The van der Waals surface area contributed by atoms with Gasteiger partial charge in [-0.25, -0.2) is 8.42 Å². The van der Waals surface area contributed by atoms with Crippen LogP contribution in [0.5, 0.6) is 11.5 Å². The molecule has 144 valence electrons. The monoisotopic (exact) mass is 399 g/mol. The van der Waals surface area contributed by atoms with Gasteiger partial charge in [0, 0.05) is 13.0 Å². The fraction of sp³-hybridized carbons (Fsp3) is 0.333. The molecule has 0 N–H and O–H groups in total. The highest BCUT2D eigenvalue weighted by Gasteiger charge is 2.50. The molecule has 0 radical (unpaired) electrons. The summed E-state index contributed by atoms with van der Waals surface area (Å²) in [4.78, 5) is -0.0546. The largest absolute Gasteiger partial charge is 0.447 e. The summed E-state index contributed by atoms with van der Waals surface area (Å²) < 4.78 is 75.9. The minimum absolute atomic E-state index is 0.00825. The number of rotatable bonds is 3. The molecule has 1 spiro atoms. The smallest absolute Gasteiger partial charge is 0.393 e. The van der Waals surface area contributed by atoms with Gasteiger partial charge >= 0.3 is 6.18 Å². The molecule has 2 aliphatic rings. The van der Waals surface area contributed by atoms with Gasteiger partial charge in [0.25, 0.3) is 5.79 Å². The lowest BCUT2D eigenvalue weighted by molar-refractivity contribution is -0.127. The van der Waals surface area contributed by atoms with Gasteiger partial charge in [-0.15, -0.1) is 0 Å². The van der Waals surface area contributed by atoms with Crippen LogP contribution in [0.15, 0.2) is 53.4 Å². The lowest BCUT2D eigenvalue weighted by atomic mass is 10.1. The Morgan fingerprint density at radius 2 is 1.59 bits per heavy atom. The van der Waals surface area contributed by atoms with E-state index in [0.717, 1.165) is 0 Å². The van der Waals surface area contributed by atoms with Crippen molar-refractivity contribution >= 4 is 10.0 Å². The van der Waals surface area contributed by atoms with Crippen LogP contribution in [0.1, 0.15) is 12.0 Å². The molecule has 4 rings (SSSR count). The van der Waals surface area contributed by atoms with Gasteiger partial charge in [0.05, 0.1) is 17.9 Å². The second-order valence-electron chi connectivity index (χ2n) is 6.59. The van der Waals surface area contributed by atoms with Gasteiger partial charge in [0.1, 0.15) is 0 Å². The number of alkyl halides is 3. The van der Waals surface area contributed by atoms with Gasteiger partial charge in [-0.2, -0.15) is 17.5 Å². The Balaban J connectivity index is 1.51. The van der Waals surface area contributed by atoms with Gasteiger partial charge in [-0.1, -0.05) is 24.3 Å². The van der Waals surface area contributed by atoms with Crippen LogP contribution in [-0.2, 0) is 16.4 Å². The summed E-state index contributed by atoms with van der Waals surface area (Å²) >= 11 is 0. The molecular formula is C18H16F3NO4S. The molecule has 1 fully saturated rings. The molecule has 1 saturated heterocycles. The molecule has 2 aromatic rings. The van der Waals surface area contributed by atoms with Crippen molar-refractivity contribution in [2.75, 3.05) is 13.1 Å². The van der Waals surface area contributed by atoms with E-state index in [1.807, 2.05) is 0 Å². The number of sulfonamides is 1. The Bertz CT molecular complexity index is 932. The molecule has 2 aliphatic heterocycles. The predicted molar refractivity (Wildman–Crippen MR) is 90.0 cm³/mol. The lowest BCUT2D eigenvalue weighted by Crippen LogP contribution is -2.42. The number of ether oxygens (including phenoxy) is 2. The minimum Gasteiger partial charge on any atom is -0.447 e. The average molecular weight is 399 g/mol. The molecule has 9 heteroatoms. The quantitative estimate of drug-likeness (QED) is 0.794. The first-order chi connectivity index (χ1) is 12.7. The molecule has 0 unspecified atom stereocenters. The molecule has 0 aliphatic carbocycles. The molecule has 0 atom stereocenters. The van der Waals surface area contributed by atoms with E-state index >= 15 is 0 Å². The second-order valence-corrected chi connectivity index (χ2v) is 8.52. The van der Waals surface area contributed by atoms with E-state index in [4.69, 9.17) is 9.47 Å². The van der Waals surface area contributed by atoms with Crippen LogP contribution in [0, 0.1) is 0 Å². The molecular weight excluding hydrogens is 383 g/mol. The van der Waals surface area contributed by atoms with Crippen molar-refractivity contribution < 1.29 is 31.1 Å². The van der Waals surface area contributed by atoms with Crippen molar-refractivity contribution in [3.8, 4) is 11.5 Å². The summed E-state index contributed by atoms with van der Waals surface area (Å²) in [5.41, 5.74) is 0.0113. The van der Waals surface area contributed by atoms with Gasteiger partial charge in [0.2, 0.25) is 10.0 Å². The summed E-state index contributed by atoms with van der Waals surface area (Å²) in [6.07, 6.45) is -5.08. The van der Waals surface area contributed by atoms with E-state index in [0.29, 0.717) is 17.9 Å². The van der Waals surface area contributed by atoms with E-state index in [-0.39, 0.29) is 23.5 Å². The molecule has 2 aromatic carbocycles. The Hall–Kier alpha value is -2.26. The summed E-state index contributed by atoms with van der Waals surface area (Å²) in [5, 5.41) is 0. The van der Waals surface area contributed by atoms with E-state index < -0.39 is 28.4 Å². The lowest BCUT2D eigenvalue weighted by Gasteiger charge is -2.23. The molecule has 0 saturated carbocycles. The molecule has 0 aromatic heterocycles. The van der Waals surface area contributed by atoms with Crippen molar-refractivity contribution in [1.29, 1.82) is 0 Å². The van der Waals surface area contributed by atoms with Gasteiger partial charge in [0.15, 0.2) is 11.5 Å². The average Bonchev–Trinajstić information content (AvgIpc) is 3.17. The van der Waals surface area contributed by atoms with Crippen LogP contribution in [0.25, 0.3) is 0 Å². The first-order valence-corrected chi connectivity index (χ1v) is 9.74. The molecule has 2 heterocycles. The van der Waals surface area contributed by atoms with E-state index in [1.54, 1.807) is 24.3 Å². The van der Waals surface area contributed by atoms with Gasteiger partial charge < -0.3 is 9.47 Å². The number of nitrogens with zero attached hydrogens (tertiary/aromatic N) is 1. The third kappa shape index (κ3) is 3.49. The highest BCUT2D eigenvalue weighted by Crippen LogP contribution is 2.43. The standard InChI is InChI=1S/C18H16F3NO4S/c19-18(20,21)11-13-5-7-14(8-6-13)27(23,24)22-10-9-17(12-22)25-15-3-1-2-4-16(15)26-17/h1-8H,9-12H2. The second kappa shape index (κ2) is 6.13. The molecule has 0 bridgehead atoms. The van der Waals surface area contributed by atoms with Crippen LogP contribution in [0.4, 0.5) is 13.2 Å². The normalized spacial score (nSPS) is 18.9. The van der Waals surface area contributed by atoms with Crippen LogP contribution in [0.3, 0.4) is 0 Å². The highest BCUT2D eigenvalue weighted by molar-refractivity contribution is 7.89. The minimum atomic E-state index is -4.34. The summed E-state index contributed by atoms with van der Waals surface area (Å²) in [7, 11) is -3.86. The zero-order chi connectivity index (χ0) is 19.3. The molecule has 0 amide bonds. The highest BCUT2D eigenvalue weighted by atomic mass is 32.2. The SMILES string of the molecule is O=S(=O)(c1ccc(CC(F)(F)F)cc1)N1CCC2(C1)Oc1ccccc1O2. The zero-order valence-corrected chi connectivity index (χ0v) is 14.9. The fourth-order valence-corrected chi connectivity index (χ4v) is 4.77. The van der Waals surface area contributed by atoms with Crippen molar-refractivity contribution in [2.24, 2.45) is 0 Å². The summed E-state index contributed by atoms with van der Waals surface area (Å²) in [6.45, 7) is 0.203. The summed E-state index contributed by atoms with van der Waals surface area (Å²) in [5.74, 6) is 0.0639. The molecule has 27 heavy (non-hydrogen) atoms. The summed E-state index contributed by atoms with van der Waals surface area (Å²) in [6, 6.07) is 11.9. The number of hydrogen-bond donors (Lipinski definition) is 0.